The standard InChI is InChI=1S/C7H11BrO2/c8-6-2-1-5(4-9)7(10)3-6/h4-7,10H,1-3H2. The first-order chi connectivity index (χ1) is 4.74. The first kappa shape index (κ1) is 8.21. The molecule has 3 heteroatoms. The second kappa shape index (κ2) is 3.49. The molecule has 1 rings (SSSR count). The fraction of sp³-hybridized carbons (Fsp3) is 0.857. The van der Waals surface area contributed by atoms with Gasteiger partial charge in [-0.25, -0.2) is 0 Å². The lowest BCUT2D eigenvalue weighted by Gasteiger charge is -2.26. The summed E-state index contributed by atoms with van der Waals surface area (Å²) < 4.78 is 0. The van der Waals surface area contributed by atoms with Gasteiger partial charge in [0.15, 0.2) is 0 Å². The largest absolute Gasteiger partial charge is 0.392 e. The van der Waals surface area contributed by atoms with Crippen molar-refractivity contribution in [1.82, 2.24) is 0 Å². The lowest BCUT2D eigenvalue weighted by atomic mass is 9.88. The Labute approximate surface area is 68.7 Å². The Hall–Kier alpha value is 0.110. The lowest BCUT2D eigenvalue weighted by Crippen LogP contribution is -2.30. The van der Waals surface area contributed by atoms with Gasteiger partial charge in [0.1, 0.15) is 6.29 Å². The molecule has 0 amide bonds. The molecule has 1 fully saturated rings. The Morgan fingerprint density at radius 1 is 1.50 bits per heavy atom. The van der Waals surface area contributed by atoms with Crippen molar-refractivity contribution >= 4 is 22.2 Å². The lowest BCUT2D eigenvalue weighted by molar-refractivity contribution is -0.115. The molecule has 0 aromatic heterocycles. The van der Waals surface area contributed by atoms with E-state index in [0.29, 0.717) is 11.2 Å². The maximum Gasteiger partial charge on any atom is 0.125 e. The van der Waals surface area contributed by atoms with Crippen LogP contribution >= 0.6 is 15.9 Å². The number of halogens is 1. The third-order valence-corrected chi connectivity index (χ3v) is 2.81. The highest BCUT2D eigenvalue weighted by Gasteiger charge is 2.26. The van der Waals surface area contributed by atoms with E-state index in [1.54, 1.807) is 0 Å². The van der Waals surface area contributed by atoms with Crippen LogP contribution in [0.15, 0.2) is 0 Å². The van der Waals surface area contributed by atoms with E-state index in [1.807, 2.05) is 0 Å². The van der Waals surface area contributed by atoms with Gasteiger partial charge in [-0.3, -0.25) is 0 Å². The van der Waals surface area contributed by atoms with Gasteiger partial charge < -0.3 is 9.90 Å². The molecule has 10 heavy (non-hydrogen) atoms. The second-order valence-corrected chi connectivity index (χ2v) is 4.07. The third kappa shape index (κ3) is 1.80. The predicted molar refractivity (Wildman–Crippen MR) is 42.1 cm³/mol. The molecule has 1 saturated carbocycles. The van der Waals surface area contributed by atoms with Crippen molar-refractivity contribution in [2.24, 2.45) is 5.92 Å². The van der Waals surface area contributed by atoms with Crippen molar-refractivity contribution in [2.45, 2.75) is 30.2 Å². The molecule has 0 aliphatic heterocycles. The third-order valence-electron chi connectivity index (χ3n) is 1.98. The van der Waals surface area contributed by atoms with E-state index in [9.17, 15) is 9.90 Å². The number of hydrogen-bond acceptors (Lipinski definition) is 2. The van der Waals surface area contributed by atoms with Crippen LogP contribution in [0.3, 0.4) is 0 Å². The normalized spacial score (nSPS) is 41.2. The fourth-order valence-corrected chi connectivity index (χ4v) is 1.93. The summed E-state index contributed by atoms with van der Waals surface area (Å²) in [5, 5.41) is 9.28. The highest BCUT2D eigenvalue weighted by molar-refractivity contribution is 9.09. The molecule has 2 nitrogen and oxygen atoms in total. The minimum Gasteiger partial charge on any atom is -0.392 e. The van der Waals surface area contributed by atoms with Gasteiger partial charge in [-0.1, -0.05) is 15.9 Å². The van der Waals surface area contributed by atoms with E-state index in [2.05, 4.69) is 15.9 Å². The quantitative estimate of drug-likeness (QED) is 0.516. The first-order valence-corrected chi connectivity index (χ1v) is 4.43. The van der Waals surface area contributed by atoms with Gasteiger partial charge in [0.25, 0.3) is 0 Å². The Morgan fingerprint density at radius 3 is 2.70 bits per heavy atom. The maximum absolute atomic E-state index is 10.3. The number of alkyl halides is 1. The molecule has 0 bridgehead atoms. The molecule has 3 unspecified atom stereocenters. The van der Waals surface area contributed by atoms with Gasteiger partial charge >= 0.3 is 0 Å². The average molecular weight is 207 g/mol. The number of rotatable bonds is 1. The van der Waals surface area contributed by atoms with Gasteiger partial charge in [0.2, 0.25) is 0 Å². The Morgan fingerprint density at radius 2 is 2.20 bits per heavy atom. The molecule has 1 N–H and O–H groups in total. The second-order valence-electron chi connectivity index (χ2n) is 2.78. The number of carbonyl (C=O) groups excluding carboxylic acids is 1. The van der Waals surface area contributed by atoms with Crippen LogP contribution in [-0.2, 0) is 4.79 Å². The molecule has 0 saturated heterocycles. The predicted octanol–water partition coefficient (Wildman–Crippen LogP) is 1.11. The van der Waals surface area contributed by atoms with E-state index >= 15 is 0 Å². The molecular weight excluding hydrogens is 196 g/mol. The summed E-state index contributed by atoms with van der Waals surface area (Å²) in [4.78, 5) is 10.7. The summed E-state index contributed by atoms with van der Waals surface area (Å²) in [5.74, 6) is -0.117. The molecular formula is C7H11BrO2. The number of aliphatic hydroxyl groups excluding tert-OH is 1. The summed E-state index contributed by atoms with van der Waals surface area (Å²) in [7, 11) is 0. The highest BCUT2D eigenvalue weighted by atomic mass is 79.9. The van der Waals surface area contributed by atoms with Crippen LogP contribution in [0.5, 0.6) is 0 Å². The van der Waals surface area contributed by atoms with Crippen LogP contribution in [0.1, 0.15) is 19.3 Å². The summed E-state index contributed by atoms with van der Waals surface area (Å²) in [5.41, 5.74) is 0. The van der Waals surface area contributed by atoms with Crippen LogP contribution in [0, 0.1) is 5.92 Å². The zero-order valence-electron chi connectivity index (χ0n) is 5.66. The molecule has 0 spiro atoms. The molecule has 0 radical (unpaired) electrons. The molecule has 0 aromatic carbocycles. The molecule has 0 heterocycles. The minimum atomic E-state index is -0.421. The van der Waals surface area contributed by atoms with E-state index in [0.717, 1.165) is 19.1 Å². The molecule has 58 valence electrons. The Kier molecular flexibility index (Phi) is 2.86. The van der Waals surface area contributed by atoms with Crippen molar-refractivity contribution in [3.05, 3.63) is 0 Å². The topological polar surface area (TPSA) is 37.3 Å². The van der Waals surface area contributed by atoms with E-state index < -0.39 is 6.10 Å². The highest BCUT2D eigenvalue weighted by Crippen LogP contribution is 2.27. The summed E-state index contributed by atoms with van der Waals surface area (Å²) in [6, 6.07) is 0. The van der Waals surface area contributed by atoms with Gasteiger partial charge in [0.05, 0.1) is 6.10 Å². The molecule has 1 aliphatic carbocycles. The Bertz CT molecular complexity index is 127. The Balaban J connectivity index is 2.43. The molecule has 1 aliphatic rings. The van der Waals surface area contributed by atoms with Crippen LogP contribution in [0.2, 0.25) is 0 Å². The van der Waals surface area contributed by atoms with Crippen LogP contribution in [0.25, 0.3) is 0 Å². The smallest absolute Gasteiger partial charge is 0.125 e. The van der Waals surface area contributed by atoms with Crippen molar-refractivity contribution in [3.63, 3.8) is 0 Å². The zero-order valence-corrected chi connectivity index (χ0v) is 7.25. The van der Waals surface area contributed by atoms with Gasteiger partial charge in [-0.2, -0.15) is 0 Å². The van der Waals surface area contributed by atoms with E-state index in [-0.39, 0.29) is 5.92 Å². The van der Waals surface area contributed by atoms with Crippen LogP contribution in [-0.4, -0.2) is 22.3 Å². The maximum atomic E-state index is 10.3. The van der Waals surface area contributed by atoms with Gasteiger partial charge in [-0.15, -0.1) is 0 Å². The van der Waals surface area contributed by atoms with Crippen LogP contribution < -0.4 is 0 Å². The monoisotopic (exact) mass is 206 g/mol. The minimum absolute atomic E-state index is 0.117. The van der Waals surface area contributed by atoms with Crippen molar-refractivity contribution in [1.29, 1.82) is 0 Å². The summed E-state index contributed by atoms with van der Waals surface area (Å²) >= 11 is 3.41. The number of hydrogen-bond donors (Lipinski definition) is 1. The van der Waals surface area contributed by atoms with E-state index in [1.165, 1.54) is 0 Å². The fourth-order valence-electron chi connectivity index (χ4n) is 1.28. The molecule has 3 atom stereocenters. The van der Waals surface area contributed by atoms with Gasteiger partial charge in [-0.05, 0) is 19.3 Å². The number of carbonyl (C=O) groups is 1. The number of aliphatic hydroxyl groups is 1. The first-order valence-electron chi connectivity index (χ1n) is 3.51. The number of aldehydes is 1. The summed E-state index contributed by atoms with van der Waals surface area (Å²) in [6.45, 7) is 0. The van der Waals surface area contributed by atoms with Crippen molar-refractivity contribution < 1.29 is 9.90 Å². The SMILES string of the molecule is O=CC1CCC(Br)CC1O. The average Bonchev–Trinajstić information content (AvgIpc) is 1.88. The molecule has 0 aromatic rings. The van der Waals surface area contributed by atoms with Crippen LogP contribution in [0.4, 0.5) is 0 Å². The van der Waals surface area contributed by atoms with E-state index in [4.69, 9.17) is 0 Å². The van der Waals surface area contributed by atoms with Gasteiger partial charge in [0, 0.05) is 10.7 Å². The summed E-state index contributed by atoms with van der Waals surface area (Å²) in [6.07, 6.45) is 2.98. The van der Waals surface area contributed by atoms with Crippen molar-refractivity contribution in [2.75, 3.05) is 0 Å². The van der Waals surface area contributed by atoms with Crippen molar-refractivity contribution in [3.8, 4) is 0 Å². The zero-order chi connectivity index (χ0) is 7.56.